The van der Waals surface area contributed by atoms with Crippen molar-refractivity contribution in [1.29, 1.82) is 0 Å². The summed E-state index contributed by atoms with van der Waals surface area (Å²) in [4.78, 5) is 11.6. The Kier molecular flexibility index (Phi) is 8.11. The van der Waals surface area contributed by atoms with Crippen LogP contribution in [0.3, 0.4) is 0 Å². The van der Waals surface area contributed by atoms with Gasteiger partial charge in [0.05, 0.1) is 20.3 Å². The number of methoxy groups -OCH3 is 2. The van der Waals surface area contributed by atoms with Crippen LogP contribution in [0.4, 0.5) is 0 Å². The lowest BCUT2D eigenvalue weighted by molar-refractivity contribution is -0.114. The average molecular weight is 395 g/mol. The van der Waals surface area contributed by atoms with Gasteiger partial charge in [-0.15, -0.1) is 0 Å². The molecule has 0 radical (unpaired) electrons. The van der Waals surface area contributed by atoms with Crippen LogP contribution in [0.1, 0.15) is 45.7 Å². The monoisotopic (exact) mass is 394 g/mol. The van der Waals surface area contributed by atoms with Gasteiger partial charge in [0.25, 0.3) is 0 Å². The van der Waals surface area contributed by atoms with Gasteiger partial charge in [-0.2, -0.15) is 0 Å². The number of hydrogen-bond donors (Lipinski definition) is 0. The molecule has 1 aromatic rings. The molecule has 0 aliphatic heterocycles. The van der Waals surface area contributed by atoms with E-state index in [1.54, 1.807) is 14.2 Å². The lowest BCUT2D eigenvalue weighted by Gasteiger charge is -2.42. The largest absolute Gasteiger partial charge is 0.496 e. The first kappa shape index (κ1) is 23.7. The third kappa shape index (κ3) is 5.82. The summed E-state index contributed by atoms with van der Waals surface area (Å²) in [6.07, 6.45) is 1.71. The first-order valence-electron chi connectivity index (χ1n) is 9.72. The highest BCUT2D eigenvalue weighted by Crippen LogP contribution is 2.39. The Morgan fingerprint density at radius 3 is 1.93 bits per heavy atom. The maximum absolute atomic E-state index is 11.6. The van der Waals surface area contributed by atoms with E-state index in [4.69, 9.17) is 13.9 Å². The molecule has 0 bridgehead atoms. The molecule has 0 saturated carbocycles. The van der Waals surface area contributed by atoms with Crippen molar-refractivity contribution >= 4 is 14.6 Å². The molecule has 1 rings (SSSR count). The Morgan fingerprint density at radius 1 is 1.07 bits per heavy atom. The molecule has 5 heteroatoms. The number of ether oxygens (including phenoxy) is 2. The van der Waals surface area contributed by atoms with Gasteiger partial charge in [-0.25, -0.2) is 0 Å². The molecule has 0 fully saturated rings. The number of benzene rings is 1. The minimum Gasteiger partial charge on any atom is -0.496 e. The van der Waals surface area contributed by atoms with Crippen molar-refractivity contribution in [2.45, 2.75) is 72.2 Å². The predicted molar refractivity (Wildman–Crippen MR) is 114 cm³/mol. The summed E-state index contributed by atoms with van der Waals surface area (Å²) >= 11 is 0. The quantitative estimate of drug-likeness (QED) is 0.414. The predicted octanol–water partition coefficient (Wildman–Crippen LogP) is 5.42. The summed E-state index contributed by atoms with van der Waals surface area (Å²) in [6.45, 7) is 17.3. The third-order valence-corrected chi connectivity index (χ3v) is 10.4. The van der Waals surface area contributed by atoms with E-state index < -0.39 is 8.32 Å². The average Bonchev–Trinajstić information content (AvgIpc) is 2.59. The summed E-state index contributed by atoms with van der Waals surface area (Å²) < 4.78 is 17.7. The Bertz CT molecular complexity index is 609. The lowest BCUT2D eigenvalue weighted by atomic mass is 9.89. The van der Waals surface area contributed by atoms with E-state index in [0.717, 1.165) is 35.3 Å². The molecule has 0 aliphatic rings. The Hall–Kier alpha value is -1.33. The molecule has 0 heterocycles. The molecular formula is C22H38O4Si. The highest BCUT2D eigenvalue weighted by Gasteiger charge is 2.41. The van der Waals surface area contributed by atoms with E-state index in [0.29, 0.717) is 0 Å². The number of hydrogen-bond acceptors (Lipinski definition) is 4. The van der Waals surface area contributed by atoms with Crippen molar-refractivity contribution < 1.29 is 18.7 Å². The molecule has 0 amide bonds. The molecule has 27 heavy (non-hydrogen) atoms. The molecule has 154 valence electrons. The summed E-state index contributed by atoms with van der Waals surface area (Å²) in [5, 5.41) is 0.101. The maximum atomic E-state index is 11.6. The molecule has 4 nitrogen and oxygen atoms in total. The molecular weight excluding hydrogens is 356 g/mol. The van der Waals surface area contributed by atoms with Crippen LogP contribution in [0.15, 0.2) is 12.1 Å². The van der Waals surface area contributed by atoms with Crippen molar-refractivity contribution in [3.05, 3.63) is 23.3 Å². The van der Waals surface area contributed by atoms with Crippen molar-refractivity contribution in [2.24, 2.45) is 11.8 Å². The normalized spacial score (nSPS) is 15.8. The van der Waals surface area contributed by atoms with Gasteiger partial charge >= 0.3 is 0 Å². The number of aldehydes is 1. The van der Waals surface area contributed by atoms with E-state index in [9.17, 15) is 4.79 Å². The second kappa shape index (κ2) is 9.24. The summed E-state index contributed by atoms with van der Waals surface area (Å²) in [7, 11) is 1.37. The second-order valence-corrected chi connectivity index (χ2v) is 13.9. The van der Waals surface area contributed by atoms with Gasteiger partial charge in [0.1, 0.15) is 17.8 Å². The van der Waals surface area contributed by atoms with Gasteiger partial charge in [-0.05, 0) is 55.1 Å². The van der Waals surface area contributed by atoms with Crippen LogP contribution in [0, 0.1) is 18.8 Å². The van der Waals surface area contributed by atoms with Gasteiger partial charge in [0, 0.05) is 11.5 Å². The summed E-state index contributed by atoms with van der Waals surface area (Å²) in [5.74, 6) is 1.68. The Labute approximate surface area is 166 Å². The van der Waals surface area contributed by atoms with E-state index in [-0.39, 0.29) is 23.0 Å². The first-order chi connectivity index (χ1) is 12.4. The minimum atomic E-state index is -1.98. The van der Waals surface area contributed by atoms with Gasteiger partial charge in [-0.1, -0.05) is 34.6 Å². The van der Waals surface area contributed by atoms with E-state index >= 15 is 0 Å². The van der Waals surface area contributed by atoms with E-state index in [1.807, 2.05) is 13.8 Å². The highest BCUT2D eigenvalue weighted by atomic mass is 28.4. The lowest BCUT2D eigenvalue weighted by Crippen LogP contribution is -2.48. The molecule has 0 aliphatic carbocycles. The number of carbonyl (C=O) groups is 1. The van der Waals surface area contributed by atoms with Crippen molar-refractivity contribution in [3.63, 3.8) is 0 Å². The fourth-order valence-electron chi connectivity index (χ4n) is 3.08. The molecule has 0 saturated heterocycles. The van der Waals surface area contributed by atoms with Crippen molar-refractivity contribution in [2.75, 3.05) is 14.2 Å². The smallest absolute Gasteiger partial charge is 0.192 e. The highest BCUT2D eigenvalue weighted by molar-refractivity contribution is 6.74. The Morgan fingerprint density at radius 2 is 1.56 bits per heavy atom. The molecule has 1 aromatic carbocycles. The summed E-state index contributed by atoms with van der Waals surface area (Å²) in [5.41, 5.74) is 2.12. The van der Waals surface area contributed by atoms with Crippen LogP contribution in [-0.4, -0.2) is 34.9 Å². The van der Waals surface area contributed by atoms with Crippen LogP contribution in [0.2, 0.25) is 18.1 Å². The maximum Gasteiger partial charge on any atom is 0.192 e. The molecule has 3 atom stereocenters. The van der Waals surface area contributed by atoms with Crippen LogP contribution in [-0.2, 0) is 15.6 Å². The van der Waals surface area contributed by atoms with E-state index in [1.165, 1.54) is 0 Å². The van der Waals surface area contributed by atoms with E-state index in [2.05, 4.69) is 52.9 Å². The minimum absolute atomic E-state index is 0.101. The van der Waals surface area contributed by atoms with Gasteiger partial charge in [0.15, 0.2) is 8.32 Å². The molecule has 0 spiro atoms. The fourth-order valence-corrected chi connectivity index (χ4v) is 4.56. The first-order valence-corrected chi connectivity index (χ1v) is 12.6. The zero-order valence-corrected chi connectivity index (χ0v) is 19.8. The second-order valence-electron chi connectivity index (χ2n) is 9.14. The van der Waals surface area contributed by atoms with Crippen molar-refractivity contribution in [3.8, 4) is 11.5 Å². The Balaban J connectivity index is 3.14. The SMILES string of the molecule is COc1cc(C[C@H](C)[C@@H](O[Si](C)(C)C(C)(C)C)[C@H](C)C=O)cc(OC)c1C. The van der Waals surface area contributed by atoms with Gasteiger partial charge in [-0.3, -0.25) is 0 Å². The van der Waals surface area contributed by atoms with Crippen LogP contribution < -0.4 is 9.47 Å². The topological polar surface area (TPSA) is 44.8 Å². The zero-order chi connectivity index (χ0) is 21.0. The molecule has 0 N–H and O–H groups in total. The number of rotatable bonds is 9. The summed E-state index contributed by atoms with van der Waals surface area (Å²) in [6, 6.07) is 4.12. The van der Waals surface area contributed by atoms with Crippen LogP contribution >= 0.6 is 0 Å². The molecule has 0 aromatic heterocycles. The van der Waals surface area contributed by atoms with Crippen LogP contribution in [0.5, 0.6) is 11.5 Å². The number of carbonyl (C=O) groups excluding carboxylic acids is 1. The fraction of sp³-hybridized carbons (Fsp3) is 0.682. The third-order valence-electron chi connectivity index (χ3n) is 5.90. The van der Waals surface area contributed by atoms with Crippen LogP contribution in [0.25, 0.3) is 0 Å². The molecule has 0 unspecified atom stereocenters. The van der Waals surface area contributed by atoms with Crippen molar-refractivity contribution in [1.82, 2.24) is 0 Å². The standard InChI is InChI=1S/C22H38O4Si/c1-15(11-18-12-19(24-7)17(3)20(13-18)25-8)21(16(2)14-23)26-27(9,10)22(4,5)6/h12-16,21H,11H2,1-10H3/t15-,16+,21+/m0/s1. The van der Waals surface area contributed by atoms with Gasteiger partial charge in [0.2, 0.25) is 0 Å². The van der Waals surface area contributed by atoms with Gasteiger partial charge < -0.3 is 18.7 Å². The zero-order valence-electron chi connectivity index (χ0n) is 18.8.